The zero-order valence-corrected chi connectivity index (χ0v) is 8.72. The van der Waals surface area contributed by atoms with Crippen molar-refractivity contribution >= 4 is 5.78 Å². The molecule has 0 radical (unpaired) electrons. The third-order valence-electron chi connectivity index (χ3n) is 2.92. The second kappa shape index (κ2) is 3.59. The Morgan fingerprint density at radius 1 is 1.44 bits per heavy atom. The number of Topliss-reactive ketones (excluding diaryl/α,β-unsaturated/α-hetero) is 1. The second-order valence-electron chi connectivity index (χ2n) is 3.93. The highest BCUT2D eigenvalue weighted by molar-refractivity contribution is 5.98. The van der Waals surface area contributed by atoms with Crippen molar-refractivity contribution in [3.05, 3.63) is 35.7 Å². The summed E-state index contributed by atoms with van der Waals surface area (Å²) in [6, 6.07) is 1.89. The molecule has 0 saturated carbocycles. The van der Waals surface area contributed by atoms with Crippen LogP contribution in [0.4, 0.5) is 0 Å². The fourth-order valence-electron chi connectivity index (χ4n) is 2.15. The molecule has 1 aliphatic rings. The number of hydrogen-bond acceptors (Lipinski definition) is 4. The van der Waals surface area contributed by atoms with Gasteiger partial charge in [0.05, 0.1) is 6.54 Å². The van der Waals surface area contributed by atoms with Gasteiger partial charge < -0.3 is 9.09 Å². The highest BCUT2D eigenvalue weighted by atomic mass is 16.5. The van der Waals surface area contributed by atoms with Gasteiger partial charge in [0.25, 0.3) is 0 Å². The number of fused-ring (bicyclic) bond motifs is 1. The van der Waals surface area contributed by atoms with Gasteiger partial charge in [0.1, 0.15) is 0 Å². The summed E-state index contributed by atoms with van der Waals surface area (Å²) in [6.45, 7) is 0.569. The van der Waals surface area contributed by atoms with Crippen molar-refractivity contribution < 1.29 is 9.32 Å². The Bertz CT molecular complexity index is 513. The largest absolute Gasteiger partial charge is 0.343 e. The lowest BCUT2D eigenvalue weighted by molar-refractivity contribution is 0.0972. The average molecular weight is 217 g/mol. The SMILES string of the molecule is O=C1CCCc2c1ccn2Cc1ncon1. The van der Waals surface area contributed by atoms with Crippen molar-refractivity contribution in [2.45, 2.75) is 25.8 Å². The van der Waals surface area contributed by atoms with E-state index in [9.17, 15) is 4.79 Å². The molecule has 5 heteroatoms. The number of carbonyl (C=O) groups is 1. The quantitative estimate of drug-likeness (QED) is 0.763. The van der Waals surface area contributed by atoms with E-state index in [2.05, 4.69) is 14.7 Å². The minimum absolute atomic E-state index is 0.244. The first-order valence-electron chi connectivity index (χ1n) is 5.31. The van der Waals surface area contributed by atoms with E-state index in [0.717, 1.165) is 24.1 Å². The van der Waals surface area contributed by atoms with Gasteiger partial charge in [-0.15, -0.1) is 0 Å². The van der Waals surface area contributed by atoms with Gasteiger partial charge in [-0.1, -0.05) is 5.16 Å². The molecule has 16 heavy (non-hydrogen) atoms. The smallest absolute Gasteiger partial charge is 0.213 e. The summed E-state index contributed by atoms with van der Waals surface area (Å²) >= 11 is 0. The standard InChI is InChI=1S/C11H11N3O2/c15-10-3-1-2-9-8(10)4-5-14(9)6-11-12-7-16-13-11/h4-5,7H,1-3,6H2. The third kappa shape index (κ3) is 1.44. The Balaban J connectivity index is 1.94. The number of aromatic nitrogens is 3. The van der Waals surface area contributed by atoms with Gasteiger partial charge in [-0.2, -0.15) is 4.98 Å². The number of hydrogen-bond donors (Lipinski definition) is 0. The lowest BCUT2D eigenvalue weighted by atomic mass is 9.97. The summed E-state index contributed by atoms with van der Waals surface area (Å²) in [7, 11) is 0. The third-order valence-corrected chi connectivity index (χ3v) is 2.92. The maximum atomic E-state index is 11.6. The normalized spacial score (nSPS) is 15.1. The first kappa shape index (κ1) is 9.33. The molecule has 0 bridgehead atoms. The maximum absolute atomic E-state index is 11.6. The predicted octanol–water partition coefficient (Wildman–Crippen LogP) is 1.44. The molecule has 0 atom stereocenters. The van der Waals surface area contributed by atoms with Crippen LogP contribution < -0.4 is 0 Å². The minimum Gasteiger partial charge on any atom is -0.343 e. The maximum Gasteiger partial charge on any atom is 0.213 e. The molecule has 3 rings (SSSR count). The van der Waals surface area contributed by atoms with Gasteiger partial charge >= 0.3 is 0 Å². The Kier molecular flexibility index (Phi) is 2.09. The Morgan fingerprint density at radius 2 is 2.38 bits per heavy atom. The van der Waals surface area contributed by atoms with Crippen LogP contribution in [0.5, 0.6) is 0 Å². The topological polar surface area (TPSA) is 60.9 Å². The molecular formula is C11H11N3O2. The molecule has 0 fully saturated rings. The van der Waals surface area contributed by atoms with Gasteiger partial charge in [-0.25, -0.2) is 0 Å². The molecule has 2 heterocycles. The van der Waals surface area contributed by atoms with Crippen molar-refractivity contribution in [2.75, 3.05) is 0 Å². The van der Waals surface area contributed by atoms with Crippen molar-refractivity contribution in [3.8, 4) is 0 Å². The highest BCUT2D eigenvalue weighted by Gasteiger charge is 2.20. The van der Waals surface area contributed by atoms with E-state index < -0.39 is 0 Å². The van der Waals surface area contributed by atoms with Gasteiger partial charge in [0.15, 0.2) is 11.6 Å². The van der Waals surface area contributed by atoms with E-state index in [1.54, 1.807) is 0 Å². The molecule has 0 N–H and O–H groups in total. The first-order valence-corrected chi connectivity index (χ1v) is 5.31. The molecule has 1 aliphatic carbocycles. The van der Waals surface area contributed by atoms with Crippen LogP contribution in [0.1, 0.15) is 34.7 Å². The number of rotatable bonds is 2. The van der Waals surface area contributed by atoms with Crippen molar-refractivity contribution in [2.24, 2.45) is 0 Å². The summed E-state index contributed by atoms with van der Waals surface area (Å²) in [6.07, 6.45) is 5.79. The summed E-state index contributed by atoms with van der Waals surface area (Å²) in [4.78, 5) is 15.6. The molecule has 0 unspecified atom stereocenters. The summed E-state index contributed by atoms with van der Waals surface area (Å²) < 4.78 is 6.71. The lowest BCUT2D eigenvalue weighted by Crippen LogP contribution is -2.13. The molecule has 82 valence electrons. The lowest BCUT2D eigenvalue weighted by Gasteiger charge is -2.13. The monoisotopic (exact) mass is 217 g/mol. The zero-order valence-electron chi connectivity index (χ0n) is 8.72. The Labute approximate surface area is 92.1 Å². The number of nitrogens with zero attached hydrogens (tertiary/aromatic N) is 3. The van der Waals surface area contributed by atoms with E-state index in [-0.39, 0.29) is 5.78 Å². The zero-order chi connectivity index (χ0) is 11.0. The van der Waals surface area contributed by atoms with Crippen molar-refractivity contribution in [3.63, 3.8) is 0 Å². The summed E-state index contributed by atoms with van der Waals surface area (Å²) in [5, 5.41) is 3.77. The first-order chi connectivity index (χ1) is 7.84. The van der Waals surface area contributed by atoms with E-state index in [1.807, 2.05) is 16.8 Å². The fourth-order valence-corrected chi connectivity index (χ4v) is 2.15. The van der Waals surface area contributed by atoms with Gasteiger partial charge in [0.2, 0.25) is 6.39 Å². The van der Waals surface area contributed by atoms with Crippen LogP contribution in [0, 0.1) is 0 Å². The van der Waals surface area contributed by atoms with Crippen LogP contribution in [0.2, 0.25) is 0 Å². The number of carbonyl (C=O) groups excluding carboxylic acids is 1. The molecular weight excluding hydrogens is 206 g/mol. The van der Waals surface area contributed by atoms with Crippen molar-refractivity contribution in [1.29, 1.82) is 0 Å². The highest BCUT2D eigenvalue weighted by Crippen LogP contribution is 2.22. The molecule has 2 aromatic rings. The Morgan fingerprint density at radius 3 is 3.19 bits per heavy atom. The van der Waals surface area contributed by atoms with Crippen LogP contribution in [0.15, 0.2) is 23.2 Å². The fraction of sp³-hybridized carbons (Fsp3) is 0.364. The molecule has 0 spiro atoms. The second-order valence-corrected chi connectivity index (χ2v) is 3.93. The van der Waals surface area contributed by atoms with Gasteiger partial charge in [0, 0.05) is 23.9 Å². The molecule has 0 aliphatic heterocycles. The molecule has 0 saturated heterocycles. The van der Waals surface area contributed by atoms with Gasteiger partial charge in [-0.3, -0.25) is 4.79 Å². The van der Waals surface area contributed by atoms with Crippen molar-refractivity contribution in [1.82, 2.24) is 14.7 Å². The molecule has 5 nitrogen and oxygen atoms in total. The summed E-state index contributed by atoms with van der Waals surface area (Å²) in [5.74, 6) is 0.879. The van der Waals surface area contributed by atoms with Gasteiger partial charge in [-0.05, 0) is 18.9 Å². The number of ketones is 1. The van der Waals surface area contributed by atoms with E-state index in [0.29, 0.717) is 18.8 Å². The van der Waals surface area contributed by atoms with E-state index in [1.165, 1.54) is 6.39 Å². The van der Waals surface area contributed by atoms with Crippen LogP contribution in [0.3, 0.4) is 0 Å². The predicted molar refractivity (Wildman–Crippen MR) is 55.1 cm³/mol. The van der Waals surface area contributed by atoms with Crippen LogP contribution >= 0.6 is 0 Å². The minimum atomic E-state index is 0.244. The average Bonchev–Trinajstić information content (AvgIpc) is 2.90. The Hall–Kier alpha value is -1.91. The molecule has 2 aromatic heterocycles. The van der Waals surface area contributed by atoms with Crippen LogP contribution in [-0.2, 0) is 13.0 Å². The van der Waals surface area contributed by atoms with E-state index >= 15 is 0 Å². The van der Waals surface area contributed by atoms with E-state index in [4.69, 9.17) is 0 Å². The summed E-state index contributed by atoms with van der Waals surface area (Å²) in [5.41, 5.74) is 1.95. The van der Waals surface area contributed by atoms with Crippen LogP contribution in [-0.4, -0.2) is 20.5 Å². The molecule has 0 amide bonds. The van der Waals surface area contributed by atoms with Crippen LogP contribution in [0.25, 0.3) is 0 Å². The molecule has 0 aromatic carbocycles.